The highest BCUT2D eigenvalue weighted by Gasteiger charge is 2.39. The van der Waals surface area contributed by atoms with Crippen molar-refractivity contribution in [3.05, 3.63) is 34.4 Å². The van der Waals surface area contributed by atoms with Crippen LogP contribution in [0.15, 0.2) is 12.1 Å². The zero-order valence-corrected chi connectivity index (χ0v) is 15.3. The van der Waals surface area contributed by atoms with Crippen LogP contribution in [-0.4, -0.2) is 35.9 Å². The van der Waals surface area contributed by atoms with Crippen molar-refractivity contribution in [3.8, 4) is 0 Å². The van der Waals surface area contributed by atoms with Gasteiger partial charge in [-0.15, -0.1) is 0 Å². The number of fused-ring (bicyclic) bond motifs is 1. The largest absolute Gasteiger partial charge is 0.416 e. The first-order chi connectivity index (χ1) is 11.8. The van der Waals surface area contributed by atoms with Crippen LogP contribution in [-0.2, 0) is 12.7 Å². The number of halogens is 3. The zero-order chi connectivity index (χ0) is 18.2. The molecule has 0 bridgehead atoms. The number of alkyl halides is 3. The summed E-state index contributed by atoms with van der Waals surface area (Å²) in [6, 6.07) is 2.84. The molecule has 0 radical (unpaired) electrons. The van der Waals surface area contributed by atoms with Crippen LogP contribution in [0.1, 0.15) is 52.9 Å². The molecule has 0 aromatic heterocycles. The van der Waals surface area contributed by atoms with E-state index in [1.807, 2.05) is 6.26 Å². The normalized spacial score (nSPS) is 22.6. The molecule has 0 aliphatic carbocycles. The van der Waals surface area contributed by atoms with Gasteiger partial charge < -0.3 is 5.32 Å². The van der Waals surface area contributed by atoms with Crippen LogP contribution in [0.2, 0.25) is 0 Å². The highest BCUT2D eigenvalue weighted by atomic mass is 32.2. The molecule has 0 saturated carbocycles. The van der Waals surface area contributed by atoms with Gasteiger partial charge in [0.1, 0.15) is 0 Å². The van der Waals surface area contributed by atoms with Crippen LogP contribution in [0.5, 0.6) is 0 Å². The molecule has 0 spiro atoms. The second-order valence-corrected chi connectivity index (χ2v) is 7.90. The number of hydrogen-bond donors (Lipinski definition) is 1. The van der Waals surface area contributed by atoms with E-state index >= 15 is 0 Å². The second kappa shape index (κ2) is 7.19. The number of likely N-dealkylation sites (tertiary alicyclic amines) is 1. The molecule has 1 amide bonds. The molecule has 1 aromatic carbocycles. The van der Waals surface area contributed by atoms with Crippen molar-refractivity contribution in [2.45, 2.75) is 38.5 Å². The monoisotopic (exact) mass is 372 g/mol. The third kappa shape index (κ3) is 3.82. The summed E-state index contributed by atoms with van der Waals surface area (Å²) < 4.78 is 40.6. The van der Waals surface area contributed by atoms with E-state index in [9.17, 15) is 18.0 Å². The third-order valence-corrected chi connectivity index (χ3v) is 5.74. The number of rotatable bonds is 4. The molecule has 7 heteroatoms. The number of amides is 1. The number of carbonyl (C=O) groups is 1. The fourth-order valence-electron chi connectivity index (χ4n) is 3.88. The second-order valence-electron chi connectivity index (χ2n) is 6.99. The summed E-state index contributed by atoms with van der Waals surface area (Å²) in [5.74, 6) is 0.847. The van der Waals surface area contributed by atoms with Crippen LogP contribution in [0.3, 0.4) is 0 Å². The van der Waals surface area contributed by atoms with Gasteiger partial charge in [-0.05, 0) is 54.8 Å². The minimum Gasteiger partial charge on any atom is -0.348 e. The van der Waals surface area contributed by atoms with Gasteiger partial charge in [0.05, 0.1) is 5.56 Å². The van der Waals surface area contributed by atoms with E-state index in [-0.39, 0.29) is 23.7 Å². The van der Waals surface area contributed by atoms with Gasteiger partial charge in [-0.1, -0.05) is 6.92 Å². The number of benzene rings is 1. The summed E-state index contributed by atoms with van der Waals surface area (Å²) in [7, 11) is 0. The molecular weight excluding hydrogens is 349 g/mol. The molecule has 2 aliphatic rings. The van der Waals surface area contributed by atoms with Crippen molar-refractivity contribution in [2.75, 3.05) is 25.1 Å². The maximum atomic E-state index is 13.5. The first-order valence-corrected chi connectivity index (χ1v) is 9.96. The van der Waals surface area contributed by atoms with Gasteiger partial charge in [0.25, 0.3) is 5.91 Å². The first-order valence-electron chi connectivity index (χ1n) is 8.56. The molecule has 1 fully saturated rings. The van der Waals surface area contributed by atoms with Crippen LogP contribution < -0.4 is 5.32 Å². The number of piperidine rings is 1. The van der Waals surface area contributed by atoms with Gasteiger partial charge in [0.2, 0.25) is 0 Å². The van der Waals surface area contributed by atoms with E-state index in [1.54, 1.807) is 17.8 Å². The Morgan fingerprint density at radius 2 is 2.16 bits per heavy atom. The average Bonchev–Trinajstić information content (AvgIpc) is 2.92. The predicted octanol–water partition coefficient (Wildman–Crippen LogP) is 4.08. The van der Waals surface area contributed by atoms with Crippen LogP contribution in [0.25, 0.3) is 0 Å². The third-order valence-electron chi connectivity index (χ3n) is 5.09. The maximum Gasteiger partial charge on any atom is 0.416 e. The van der Waals surface area contributed by atoms with Crippen LogP contribution >= 0.6 is 11.8 Å². The van der Waals surface area contributed by atoms with Crippen molar-refractivity contribution in [2.24, 2.45) is 5.92 Å². The van der Waals surface area contributed by atoms with Crippen molar-refractivity contribution >= 4 is 17.7 Å². The van der Waals surface area contributed by atoms with E-state index < -0.39 is 17.6 Å². The number of nitrogens with one attached hydrogen (secondary N) is 1. The van der Waals surface area contributed by atoms with Crippen LogP contribution in [0.4, 0.5) is 13.2 Å². The SMILES string of the molecule is CSCC(c1cc2c(c(C(F)(F)F)c1)CNC2=O)N1CCC[C@H](C)C1. The smallest absolute Gasteiger partial charge is 0.348 e. The molecule has 3 rings (SSSR count). The summed E-state index contributed by atoms with van der Waals surface area (Å²) in [5, 5.41) is 2.52. The van der Waals surface area contributed by atoms with E-state index in [1.165, 1.54) is 6.07 Å². The van der Waals surface area contributed by atoms with Gasteiger partial charge in [0, 0.05) is 30.4 Å². The quantitative estimate of drug-likeness (QED) is 0.864. The Labute approximate surface area is 150 Å². The fraction of sp³-hybridized carbons (Fsp3) is 0.611. The van der Waals surface area contributed by atoms with Gasteiger partial charge in [-0.25, -0.2) is 0 Å². The van der Waals surface area contributed by atoms with E-state index in [0.717, 1.165) is 25.9 Å². The van der Waals surface area contributed by atoms with Crippen molar-refractivity contribution in [3.63, 3.8) is 0 Å². The van der Waals surface area contributed by atoms with Gasteiger partial charge in [0.15, 0.2) is 0 Å². The average molecular weight is 372 g/mol. The summed E-state index contributed by atoms with van der Waals surface area (Å²) in [4.78, 5) is 14.3. The van der Waals surface area contributed by atoms with Gasteiger partial charge in [-0.3, -0.25) is 9.69 Å². The predicted molar refractivity (Wildman–Crippen MR) is 93.7 cm³/mol. The molecule has 1 unspecified atom stereocenters. The zero-order valence-electron chi connectivity index (χ0n) is 14.4. The lowest BCUT2D eigenvalue weighted by Crippen LogP contribution is -2.38. The molecule has 2 aliphatic heterocycles. The minimum atomic E-state index is -4.45. The lowest BCUT2D eigenvalue weighted by atomic mass is 9.93. The molecule has 3 nitrogen and oxygen atoms in total. The van der Waals surface area contributed by atoms with E-state index in [0.29, 0.717) is 17.2 Å². The van der Waals surface area contributed by atoms with E-state index in [4.69, 9.17) is 0 Å². The summed E-state index contributed by atoms with van der Waals surface area (Å²) in [6.45, 7) is 3.91. The minimum absolute atomic E-state index is 0.0444. The molecule has 1 saturated heterocycles. The number of hydrogen-bond acceptors (Lipinski definition) is 3. The van der Waals surface area contributed by atoms with Gasteiger partial charge >= 0.3 is 6.18 Å². The number of nitrogens with zero attached hydrogens (tertiary/aromatic N) is 1. The Hall–Kier alpha value is -1.21. The van der Waals surface area contributed by atoms with Crippen molar-refractivity contribution < 1.29 is 18.0 Å². The molecule has 2 atom stereocenters. The highest BCUT2D eigenvalue weighted by Crippen LogP contribution is 2.39. The fourth-order valence-corrected chi connectivity index (χ4v) is 4.59. The highest BCUT2D eigenvalue weighted by molar-refractivity contribution is 7.98. The Morgan fingerprint density at radius 1 is 1.40 bits per heavy atom. The Bertz CT molecular complexity index is 662. The van der Waals surface area contributed by atoms with Gasteiger partial charge in [-0.2, -0.15) is 24.9 Å². The van der Waals surface area contributed by atoms with Crippen molar-refractivity contribution in [1.82, 2.24) is 10.2 Å². The Balaban J connectivity index is 2.04. The van der Waals surface area contributed by atoms with E-state index in [2.05, 4.69) is 17.1 Å². The summed E-state index contributed by atoms with van der Waals surface area (Å²) >= 11 is 1.62. The summed E-state index contributed by atoms with van der Waals surface area (Å²) in [5.41, 5.74) is 0.193. The summed E-state index contributed by atoms with van der Waals surface area (Å²) in [6.07, 6.45) is -0.275. The number of thioether (sulfide) groups is 1. The molecule has 25 heavy (non-hydrogen) atoms. The lowest BCUT2D eigenvalue weighted by molar-refractivity contribution is -0.138. The molecular formula is C18H23F3N2OS. The molecule has 138 valence electrons. The topological polar surface area (TPSA) is 32.3 Å². The van der Waals surface area contributed by atoms with Crippen LogP contribution in [0, 0.1) is 5.92 Å². The molecule has 2 heterocycles. The standard InChI is InChI=1S/C18H23F3N2OS/c1-11-4-3-5-23(9-11)16(10-25-2)12-6-13-14(8-22-17(13)24)15(7-12)18(19,20)21/h6-7,11,16H,3-5,8-10H2,1-2H3,(H,22,24)/t11-,16?/m0/s1. The lowest BCUT2D eigenvalue weighted by Gasteiger charge is -2.37. The molecule has 1 N–H and O–H groups in total. The molecule has 1 aromatic rings. The Morgan fingerprint density at radius 3 is 2.80 bits per heavy atom. The number of carbonyl (C=O) groups excluding carboxylic acids is 1. The maximum absolute atomic E-state index is 13.5. The Kier molecular flexibility index (Phi) is 5.34. The first kappa shape index (κ1) is 18.6. The van der Waals surface area contributed by atoms with Crippen molar-refractivity contribution in [1.29, 1.82) is 0 Å².